The molecule has 1 atom stereocenters. The number of hydrogen-bond donors (Lipinski definition) is 2. The Balaban J connectivity index is 2.34. The number of amides is 2. The molecule has 5 heteroatoms. The molecule has 0 spiro atoms. The number of hydrogen-bond acceptors (Lipinski definition) is 2. The maximum atomic E-state index is 11.6. The first-order chi connectivity index (χ1) is 8.13. The minimum absolute atomic E-state index is 0.340. The molecule has 0 aliphatic carbocycles. The van der Waals surface area contributed by atoms with Crippen LogP contribution in [-0.2, 0) is 17.8 Å². The Morgan fingerprint density at radius 1 is 1.35 bits per heavy atom. The van der Waals surface area contributed by atoms with E-state index in [1.807, 2.05) is 24.3 Å². The summed E-state index contributed by atoms with van der Waals surface area (Å²) in [7, 11) is 1.50. The number of carbonyl (C=O) groups is 2. The summed E-state index contributed by atoms with van der Waals surface area (Å²) in [6, 6.07) is 6.46. The van der Waals surface area contributed by atoms with Crippen molar-refractivity contribution in [3.63, 3.8) is 0 Å². The molecule has 0 bridgehead atoms. The van der Waals surface area contributed by atoms with Crippen molar-refractivity contribution in [1.29, 1.82) is 0 Å². The number of fused-ring (bicyclic) bond motifs is 1. The largest absolute Gasteiger partial charge is 0.480 e. The molecule has 1 aliphatic rings. The number of urea groups is 1. The van der Waals surface area contributed by atoms with Crippen LogP contribution in [0.1, 0.15) is 11.1 Å². The van der Waals surface area contributed by atoms with E-state index in [0.29, 0.717) is 13.0 Å². The van der Waals surface area contributed by atoms with E-state index in [1.54, 1.807) is 0 Å². The van der Waals surface area contributed by atoms with Crippen LogP contribution >= 0.6 is 0 Å². The summed E-state index contributed by atoms with van der Waals surface area (Å²) in [6.45, 7) is 0.340. The minimum Gasteiger partial charge on any atom is -0.480 e. The summed E-state index contributed by atoms with van der Waals surface area (Å²) in [5, 5.41) is 11.6. The van der Waals surface area contributed by atoms with Gasteiger partial charge in [0.15, 0.2) is 0 Å². The predicted octanol–water partition coefficient (Wildman–Crippen LogP) is 0.837. The second kappa shape index (κ2) is 4.45. The fraction of sp³-hybridized carbons (Fsp3) is 0.333. The highest BCUT2D eigenvalue weighted by molar-refractivity contribution is 5.83. The van der Waals surface area contributed by atoms with Crippen LogP contribution in [0.15, 0.2) is 24.3 Å². The number of carbonyl (C=O) groups excluding carboxylic acids is 1. The van der Waals surface area contributed by atoms with E-state index in [4.69, 9.17) is 5.11 Å². The topological polar surface area (TPSA) is 69.6 Å². The molecule has 1 unspecified atom stereocenters. The Morgan fingerprint density at radius 2 is 2.00 bits per heavy atom. The lowest BCUT2D eigenvalue weighted by Crippen LogP contribution is -2.51. The van der Waals surface area contributed by atoms with Gasteiger partial charge in [-0.2, -0.15) is 0 Å². The monoisotopic (exact) mass is 234 g/mol. The molecule has 0 aromatic heterocycles. The van der Waals surface area contributed by atoms with Crippen molar-refractivity contribution in [2.24, 2.45) is 0 Å². The van der Waals surface area contributed by atoms with Crippen molar-refractivity contribution in [1.82, 2.24) is 10.2 Å². The number of aliphatic carboxylic acids is 1. The molecule has 2 N–H and O–H groups in total. The number of benzene rings is 1. The highest BCUT2D eigenvalue weighted by Gasteiger charge is 2.33. The van der Waals surface area contributed by atoms with Crippen molar-refractivity contribution < 1.29 is 14.7 Å². The van der Waals surface area contributed by atoms with E-state index in [2.05, 4.69) is 5.32 Å². The van der Waals surface area contributed by atoms with Gasteiger partial charge < -0.3 is 15.3 Å². The Hall–Kier alpha value is -2.04. The van der Waals surface area contributed by atoms with Crippen LogP contribution in [0.3, 0.4) is 0 Å². The first-order valence-corrected chi connectivity index (χ1v) is 5.41. The minimum atomic E-state index is -0.969. The second-order valence-corrected chi connectivity index (χ2v) is 4.01. The summed E-state index contributed by atoms with van der Waals surface area (Å²) in [5.41, 5.74) is 2.01. The van der Waals surface area contributed by atoms with Crippen LogP contribution < -0.4 is 5.32 Å². The summed E-state index contributed by atoms with van der Waals surface area (Å²) >= 11 is 0. The molecule has 0 saturated heterocycles. The third kappa shape index (κ3) is 2.08. The molecule has 2 rings (SSSR count). The SMILES string of the molecule is CNC(=O)N1Cc2ccccc2CC1C(=O)O. The summed E-state index contributed by atoms with van der Waals surface area (Å²) in [6.07, 6.45) is 0.360. The Labute approximate surface area is 99.0 Å². The number of rotatable bonds is 1. The Kier molecular flexibility index (Phi) is 2.99. The highest BCUT2D eigenvalue weighted by atomic mass is 16.4. The van der Waals surface area contributed by atoms with Crippen LogP contribution in [0.2, 0.25) is 0 Å². The van der Waals surface area contributed by atoms with Gasteiger partial charge in [0, 0.05) is 20.0 Å². The third-order valence-electron chi connectivity index (χ3n) is 3.01. The first-order valence-electron chi connectivity index (χ1n) is 5.41. The molecular weight excluding hydrogens is 220 g/mol. The van der Waals surface area contributed by atoms with Gasteiger partial charge in [-0.1, -0.05) is 24.3 Å². The molecule has 0 radical (unpaired) electrons. The average molecular weight is 234 g/mol. The van der Waals surface area contributed by atoms with Gasteiger partial charge in [0.2, 0.25) is 0 Å². The van der Waals surface area contributed by atoms with E-state index in [0.717, 1.165) is 11.1 Å². The molecular formula is C12H14N2O3. The second-order valence-electron chi connectivity index (χ2n) is 4.01. The van der Waals surface area contributed by atoms with Gasteiger partial charge in [-0.15, -0.1) is 0 Å². The zero-order valence-electron chi connectivity index (χ0n) is 9.51. The number of nitrogens with one attached hydrogen (secondary N) is 1. The maximum Gasteiger partial charge on any atom is 0.326 e. The number of carboxylic acid groups (broad SMARTS) is 1. The number of nitrogens with zero attached hydrogens (tertiary/aromatic N) is 1. The van der Waals surface area contributed by atoms with Crippen molar-refractivity contribution in [3.05, 3.63) is 35.4 Å². The van der Waals surface area contributed by atoms with Gasteiger partial charge in [0.05, 0.1) is 0 Å². The van der Waals surface area contributed by atoms with Crippen LogP contribution in [-0.4, -0.2) is 35.1 Å². The molecule has 0 saturated carbocycles. The predicted molar refractivity (Wildman–Crippen MR) is 61.6 cm³/mol. The molecule has 0 fully saturated rings. The lowest BCUT2D eigenvalue weighted by atomic mass is 9.94. The molecule has 17 heavy (non-hydrogen) atoms. The van der Waals surface area contributed by atoms with Gasteiger partial charge in [0.25, 0.3) is 0 Å². The van der Waals surface area contributed by atoms with Crippen LogP contribution in [0.5, 0.6) is 0 Å². The molecule has 1 aromatic rings. The van der Waals surface area contributed by atoms with E-state index >= 15 is 0 Å². The van der Waals surface area contributed by atoms with Crippen molar-refractivity contribution >= 4 is 12.0 Å². The van der Waals surface area contributed by atoms with Gasteiger partial charge in [-0.3, -0.25) is 0 Å². The molecule has 1 aromatic carbocycles. The lowest BCUT2D eigenvalue weighted by molar-refractivity contribution is -0.142. The molecule has 90 valence electrons. The fourth-order valence-corrected chi connectivity index (χ4v) is 2.10. The van der Waals surface area contributed by atoms with Gasteiger partial charge in [0.1, 0.15) is 6.04 Å². The average Bonchev–Trinajstić information content (AvgIpc) is 2.36. The Morgan fingerprint density at radius 3 is 2.59 bits per heavy atom. The zero-order chi connectivity index (χ0) is 12.4. The van der Waals surface area contributed by atoms with E-state index < -0.39 is 12.0 Å². The summed E-state index contributed by atoms with van der Waals surface area (Å²) in [5.74, 6) is -0.969. The smallest absolute Gasteiger partial charge is 0.326 e. The van der Waals surface area contributed by atoms with Gasteiger partial charge in [-0.05, 0) is 11.1 Å². The van der Waals surface area contributed by atoms with Crippen molar-refractivity contribution in [2.75, 3.05) is 7.05 Å². The molecule has 1 aliphatic heterocycles. The van der Waals surface area contributed by atoms with Crippen LogP contribution in [0.25, 0.3) is 0 Å². The zero-order valence-corrected chi connectivity index (χ0v) is 9.51. The quantitative estimate of drug-likeness (QED) is 0.756. The van der Waals surface area contributed by atoms with Crippen molar-refractivity contribution in [3.8, 4) is 0 Å². The van der Waals surface area contributed by atoms with E-state index in [1.165, 1.54) is 11.9 Å². The summed E-state index contributed by atoms with van der Waals surface area (Å²) in [4.78, 5) is 24.2. The standard InChI is InChI=1S/C12H14N2O3/c1-13-12(17)14-7-9-5-3-2-4-8(9)6-10(14)11(15)16/h2-5,10H,6-7H2,1H3,(H,13,17)(H,15,16). The first kappa shape index (κ1) is 11.4. The maximum absolute atomic E-state index is 11.6. The van der Waals surface area contributed by atoms with Gasteiger partial charge in [-0.25, -0.2) is 9.59 Å². The van der Waals surface area contributed by atoms with Gasteiger partial charge >= 0.3 is 12.0 Å². The highest BCUT2D eigenvalue weighted by Crippen LogP contribution is 2.23. The van der Waals surface area contributed by atoms with Crippen LogP contribution in [0.4, 0.5) is 4.79 Å². The fourth-order valence-electron chi connectivity index (χ4n) is 2.10. The van der Waals surface area contributed by atoms with Crippen LogP contribution in [0, 0.1) is 0 Å². The molecule has 1 heterocycles. The van der Waals surface area contributed by atoms with Crippen molar-refractivity contribution in [2.45, 2.75) is 19.0 Å². The lowest BCUT2D eigenvalue weighted by Gasteiger charge is -2.33. The van der Waals surface area contributed by atoms with E-state index in [-0.39, 0.29) is 6.03 Å². The Bertz CT molecular complexity index is 459. The van der Waals surface area contributed by atoms with E-state index in [9.17, 15) is 9.59 Å². The molecule has 2 amide bonds. The molecule has 5 nitrogen and oxygen atoms in total. The number of carboxylic acids is 1. The summed E-state index contributed by atoms with van der Waals surface area (Å²) < 4.78 is 0. The normalized spacial score (nSPS) is 18.4. The third-order valence-corrected chi connectivity index (χ3v) is 3.01.